The Morgan fingerprint density at radius 2 is 2.36 bits per heavy atom. The molecule has 0 spiro atoms. The molecular weight excluding hydrogens is 136 g/mol. The van der Waals surface area contributed by atoms with Crippen molar-refractivity contribution in [3.63, 3.8) is 0 Å². The predicted octanol–water partition coefficient (Wildman–Crippen LogP) is 1.33. The molecule has 2 nitrogen and oxygen atoms in total. The predicted molar refractivity (Wildman–Crippen MR) is 42.5 cm³/mol. The van der Waals surface area contributed by atoms with Gasteiger partial charge < -0.3 is 5.32 Å². The van der Waals surface area contributed by atoms with E-state index < -0.39 is 0 Å². The summed E-state index contributed by atoms with van der Waals surface area (Å²) in [7, 11) is 0. The van der Waals surface area contributed by atoms with Crippen LogP contribution in [0.25, 0.3) is 0 Å². The molecule has 1 saturated carbocycles. The quantitative estimate of drug-likeness (QED) is 0.605. The molecule has 1 aliphatic carbocycles. The molecule has 11 heavy (non-hydrogen) atoms. The van der Waals surface area contributed by atoms with Gasteiger partial charge in [0, 0.05) is 12.7 Å². The first-order chi connectivity index (χ1) is 5.37. The van der Waals surface area contributed by atoms with E-state index in [-0.39, 0.29) is 5.41 Å². The molecule has 1 heterocycles. The summed E-state index contributed by atoms with van der Waals surface area (Å²) in [5.41, 5.74) is 1.04. The Bertz CT molecular complexity index is 264. The van der Waals surface area contributed by atoms with Crippen molar-refractivity contribution >= 4 is 0 Å². The molecule has 1 N–H and O–H groups in total. The van der Waals surface area contributed by atoms with Crippen molar-refractivity contribution in [2.24, 2.45) is 5.41 Å². The molecule has 0 atom stereocenters. The van der Waals surface area contributed by atoms with Gasteiger partial charge in [0.1, 0.15) is 0 Å². The van der Waals surface area contributed by atoms with Gasteiger partial charge in [0.25, 0.3) is 0 Å². The summed E-state index contributed by atoms with van der Waals surface area (Å²) in [4.78, 5) is 0. The second-order valence-corrected chi connectivity index (χ2v) is 3.10. The maximum absolute atomic E-state index is 8.86. The van der Waals surface area contributed by atoms with Gasteiger partial charge in [0.2, 0.25) is 0 Å². The van der Waals surface area contributed by atoms with E-state index in [2.05, 4.69) is 23.5 Å². The van der Waals surface area contributed by atoms with Gasteiger partial charge in [-0.2, -0.15) is 5.26 Å². The Kier molecular flexibility index (Phi) is 1.25. The number of rotatable bonds is 1. The van der Waals surface area contributed by atoms with E-state index in [0.29, 0.717) is 0 Å². The van der Waals surface area contributed by atoms with Gasteiger partial charge in [-0.1, -0.05) is 12.2 Å². The minimum Gasteiger partial charge on any atom is -0.387 e. The maximum Gasteiger partial charge on any atom is 0.0837 e. The summed E-state index contributed by atoms with van der Waals surface area (Å²) >= 11 is 0. The van der Waals surface area contributed by atoms with Crippen molar-refractivity contribution < 1.29 is 0 Å². The molecule has 2 rings (SSSR count). The summed E-state index contributed by atoms with van der Waals surface area (Å²) in [6.07, 6.45) is 8.15. The SMILES string of the molecule is N#CC1(C2=CNCC=C2)CC1. The van der Waals surface area contributed by atoms with E-state index in [1.165, 1.54) is 0 Å². The largest absolute Gasteiger partial charge is 0.387 e. The monoisotopic (exact) mass is 146 g/mol. The number of hydrogen-bond acceptors (Lipinski definition) is 2. The van der Waals surface area contributed by atoms with Crippen LogP contribution in [0.1, 0.15) is 12.8 Å². The summed E-state index contributed by atoms with van der Waals surface area (Å²) in [6.45, 7) is 0.894. The number of nitriles is 1. The zero-order chi connectivity index (χ0) is 7.73. The second-order valence-electron chi connectivity index (χ2n) is 3.10. The highest BCUT2D eigenvalue weighted by atomic mass is 14.8. The molecule has 0 aromatic heterocycles. The summed E-state index contributed by atoms with van der Waals surface area (Å²) < 4.78 is 0. The van der Waals surface area contributed by atoms with Crippen LogP contribution in [0.4, 0.5) is 0 Å². The highest BCUT2D eigenvalue weighted by Crippen LogP contribution is 2.51. The molecule has 0 aromatic carbocycles. The van der Waals surface area contributed by atoms with Crippen molar-refractivity contribution in [2.75, 3.05) is 6.54 Å². The van der Waals surface area contributed by atoms with Gasteiger partial charge in [-0.15, -0.1) is 0 Å². The Hall–Kier alpha value is -1.23. The Labute approximate surface area is 66.2 Å². The Morgan fingerprint density at radius 1 is 1.55 bits per heavy atom. The lowest BCUT2D eigenvalue weighted by atomic mass is 9.97. The van der Waals surface area contributed by atoms with Gasteiger partial charge in [0.05, 0.1) is 11.5 Å². The van der Waals surface area contributed by atoms with E-state index >= 15 is 0 Å². The molecule has 0 radical (unpaired) electrons. The molecular formula is C9H10N2. The molecule has 0 unspecified atom stereocenters. The first-order valence-corrected chi connectivity index (χ1v) is 3.89. The van der Waals surface area contributed by atoms with Crippen LogP contribution in [-0.4, -0.2) is 6.54 Å². The molecule has 1 aliphatic heterocycles. The van der Waals surface area contributed by atoms with E-state index in [1.54, 1.807) is 0 Å². The van der Waals surface area contributed by atoms with Crippen molar-refractivity contribution in [3.05, 3.63) is 23.9 Å². The lowest BCUT2D eigenvalue weighted by molar-refractivity contribution is 0.793. The zero-order valence-electron chi connectivity index (χ0n) is 6.30. The van der Waals surface area contributed by atoms with Crippen LogP contribution in [-0.2, 0) is 0 Å². The highest BCUT2D eigenvalue weighted by molar-refractivity contribution is 5.39. The molecule has 0 amide bonds. The van der Waals surface area contributed by atoms with Gasteiger partial charge >= 0.3 is 0 Å². The normalized spacial score (nSPS) is 24.8. The number of dihydropyridines is 1. The third-order valence-electron chi connectivity index (χ3n) is 2.31. The molecule has 1 fully saturated rings. The Morgan fingerprint density at radius 3 is 2.82 bits per heavy atom. The molecule has 56 valence electrons. The van der Waals surface area contributed by atoms with Crippen LogP contribution >= 0.6 is 0 Å². The van der Waals surface area contributed by atoms with Crippen LogP contribution < -0.4 is 5.32 Å². The first-order valence-electron chi connectivity index (χ1n) is 3.89. The van der Waals surface area contributed by atoms with E-state index in [9.17, 15) is 0 Å². The lowest BCUT2D eigenvalue weighted by Crippen LogP contribution is -2.13. The van der Waals surface area contributed by atoms with Gasteiger partial charge in [0.15, 0.2) is 0 Å². The molecule has 0 aromatic rings. The van der Waals surface area contributed by atoms with Crippen LogP contribution in [0.5, 0.6) is 0 Å². The average molecular weight is 146 g/mol. The average Bonchev–Trinajstić information content (AvgIpc) is 2.86. The van der Waals surface area contributed by atoms with Gasteiger partial charge in [-0.25, -0.2) is 0 Å². The lowest BCUT2D eigenvalue weighted by Gasteiger charge is -2.11. The first kappa shape index (κ1) is 6.48. The van der Waals surface area contributed by atoms with Crippen molar-refractivity contribution in [3.8, 4) is 6.07 Å². The minimum absolute atomic E-state index is 0.121. The van der Waals surface area contributed by atoms with Gasteiger partial charge in [-0.3, -0.25) is 0 Å². The fourth-order valence-corrected chi connectivity index (χ4v) is 1.36. The molecule has 2 aliphatic rings. The van der Waals surface area contributed by atoms with E-state index in [0.717, 1.165) is 25.0 Å². The second kappa shape index (κ2) is 2.13. The number of nitrogens with one attached hydrogen (secondary N) is 1. The van der Waals surface area contributed by atoms with Crippen molar-refractivity contribution in [2.45, 2.75) is 12.8 Å². The van der Waals surface area contributed by atoms with Crippen LogP contribution in [0.15, 0.2) is 23.9 Å². The fourth-order valence-electron chi connectivity index (χ4n) is 1.36. The standard InChI is InChI=1S/C9H10N2/c10-7-9(3-4-9)8-2-1-5-11-6-8/h1-2,6,11H,3-5H2. The summed E-state index contributed by atoms with van der Waals surface area (Å²) in [5.74, 6) is 0. The number of allylic oxidation sites excluding steroid dienone is 2. The summed E-state index contributed by atoms with van der Waals surface area (Å²) in [5, 5.41) is 12.0. The van der Waals surface area contributed by atoms with E-state index in [4.69, 9.17) is 5.26 Å². The van der Waals surface area contributed by atoms with Crippen molar-refractivity contribution in [1.29, 1.82) is 5.26 Å². The minimum atomic E-state index is -0.121. The van der Waals surface area contributed by atoms with Gasteiger partial charge in [-0.05, 0) is 18.4 Å². The van der Waals surface area contributed by atoms with E-state index in [1.807, 2.05) is 6.20 Å². The fraction of sp³-hybridized carbons (Fsp3) is 0.444. The highest BCUT2D eigenvalue weighted by Gasteiger charge is 2.45. The topological polar surface area (TPSA) is 35.8 Å². The zero-order valence-corrected chi connectivity index (χ0v) is 6.30. The van der Waals surface area contributed by atoms with Crippen molar-refractivity contribution in [1.82, 2.24) is 5.32 Å². The van der Waals surface area contributed by atoms with Crippen LogP contribution in [0, 0.1) is 16.7 Å². The molecule has 0 bridgehead atoms. The van der Waals surface area contributed by atoms with Crippen LogP contribution in [0.3, 0.4) is 0 Å². The number of hydrogen-bond donors (Lipinski definition) is 1. The van der Waals surface area contributed by atoms with Crippen LogP contribution in [0.2, 0.25) is 0 Å². The Balaban J connectivity index is 2.23. The summed E-state index contributed by atoms with van der Waals surface area (Å²) in [6, 6.07) is 2.36. The number of nitrogens with zero attached hydrogens (tertiary/aromatic N) is 1. The maximum atomic E-state index is 8.86. The molecule has 2 heteroatoms. The third-order valence-corrected chi connectivity index (χ3v) is 2.31. The molecule has 0 saturated heterocycles. The smallest absolute Gasteiger partial charge is 0.0837 e. The third kappa shape index (κ3) is 0.932.